The van der Waals surface area contributed by atoms with Crippen LogP contribution in [-0.4, -0.2) is 23.5 Å². The van der Waals surface area contributed by atoms with E-state index >= 15 is 0 Å². The second-order valence-corrected chi connectivity index (χ2v) is 6.30. The number of nitrogens with one attached hydrogen (secondary N) is 1. The van der Waals surface area contributed by atoms with Crippen molar-refractivity contribution in [3.63, 3.8) is 0 Å². The Balaban J connectivity index is 0.00000288. The Labute approximate surface area is 146 Å². The molecule has 1 aromatic rings. The Morgan fingerprint density at radius 3 is 2.08 bits per heavy atom. The Kier molecular flexibility index (Phi) is 6.84. The smallest absolute Gasteiger partial charge is 0.188 e. The summed E-state index contributed by atoms with van der Waals surface area (Å²) in [5, 5.41) is 13.3. The minimum atomic E-state index is -1.57. The molecule has 2 N–H and O–H groups in total. The zero-order valence-electron chi connectivity index (χ0n) is 13.8. The van der Waals surface area contributed by atoms with Crippen LogP contribution in [0, 0.1) is 0 Å². The molecule has 1 fully saturated rings. The Morgan fingerprint density at radius 1 is 1.12 bits per heavy atom. The summed E-state index contributed by atoms with van der Waals surface area (Å²) in [6, 6.07) is 2.65. The van der Waals surface area contributed by atoms with Crippen LogP contribution in [0.4, 0.5) is 13.2 Å². The number of hydrogen-bond acceptors (Lipinski definition) is 3. The fraction of sp³-hybridized carbons (Fsp3) is 0.588. The Morgan fingerprint density at radius 2 is 1.67 bits per heavy atom. The molecule has 0 amide bonds. The molecule has 24 heavy (non-hydrogen) atoms. The first kappa shape index (κ1) is 20.9. The van der Waals surface area contributed by atoms with Crippen molar-refractivity contribution in [1.82, 2.24) is 5.32 Å². The summed E-state index contributed by atoms with van der Waals surface area (Å²) >= 11 is 0. The molecule has 0 bridgehead atoms. The molecule has 0 saturated heterocycles. The van der Waals surface area contributed by atoms with Gasteiger partial charge in [0.1, 0.15) is 31.2 Å². The molecular formula is C17H23ClF3NO2. The number of hydrogen-bond donors (Lipinski definition) is 2. The van der Waals surface area contributed by atoms with Gasteiger partial charge in [-0.15, -0.1) is 12.4 Å². The quantitative estimate of drug-likeness (QED) is 0.840. The van der Waals surface area contributed by atoms with E-state index in [4.69, 9.17) is 0 Å². The van der Waals surface area contributed by atoms with E-state index in [2.05, 4.69) is 5.32 Å². The molecule has 2 rings (SSSR count). The topological polar surface area (TPSA) is 49.3 Å². The van der Waals surface area contributed by atoms with Crippen molar-refractivity contribution in [3.05, 3.63) is 34.4 Å². The van der Waals surface area contributed by atoms with Crippen LogP contribution in [0.25, 0.3) is 0 Å². The third-order valence-corrected chi connectivity index (χ3v) is 4.75. The lowest BCUT2D eigenvalue weighted by atomic mass is 9.67. The van der Waals surface area contributed by atoms with E-state index in [1.807, 2.05) is 0 Å². The summed E-state index contributed by atoms with van der Waals surface area (Å²) in [5.74, 6) is -0.504. The summed E-state index contributed by atoms with van der Waals surface area (Å²) in [5.41, 5.74) is -2.37. The lowest BCUT2D eigenvalue weighted by molar-refractivity contribution is -0.148. The molecule has 1 saturated carbocycles. The van der Waals surface area contributed by atoms with E-state index in [0.29, 0.717) is 19.3 Å². The van der Waals surface area contributed by atoms with Gasteiger partial charge in [0.15, 0.2) is 5.78 Å². The fourth-order valence-electron chi connectivity index (χ4n) is 3.66. The van der Waals surface area contributed by atoms with Crippen molar-refractivity contribution in [2.24, 2.45) is 0 Å². The third kappa shape index (κ3) is 3.32. The molecule has 0 radical (unpaired) electrons. The first-order valence-corrected chi connectivity index (χ1v) is 7.65. The second-order valence-electron chi connectivity index (χ2n) is 6.30. The molecule has 1 aliphatic rings. The molecule has 0 aromatic heterocycles. The van der Waals surface area contributed by atoms with E-state index in [9.17, 15) is 23.1 Å². The number of aliphatic hydroxyl groups is 1. The predicted molar refractivity (Wildman–Crippen MR) is 88.3 cm³/mol. The lowest BCUT2D eigenvalue weighted by Gasteiger charge is -2.44. The number of likely N-dealkylation sites (N-methyl/N-ethyl adjacent to an activating group) is 1. The predicted octanol–water partition coefficient (Wildman–Crippen LogP) is 3.44. The average Bonchev–Trinajstić information content (AvgIpc) is 2.56. The van der Waals surface area contributed by atoms with Crippen LogP contribution in [-0.2, 0) is 30.4 Å². The molecule has 0 heterocycles. The number of halogens is 4. The lowest BCUT2D eigenvalue weighted by Crippen LogP contribution is -2.59. The second kappa shape index (κ2) is 7.85. The van der Waals surface area contributed by atoms with E-state index in [0.717, 1.165) is 0 Å². The summed E-state index contributed by atoms with van der Waals surface area (Å²) in [6.45, 7) is -1.29. The highest BCUT2D eigenvalue weighted by molar-refractivity contribution is 5.97. The Bertz CT molecular complexity index is 584. The molecule has 1 aliphatic carbocycles. The molecule has 0 aliphatic heterocycles. The standard InChI is InChI=1S/C17H22F3NO2.ClH/c1-16(23)4-3-5-17(21-2,15(16)22)14-12(9-19)6-11(8-18)7-13(14)10-20;/h6-7,21,23H,3-5,8-10H2,1-2H3;1H. The maximum Gasteiger partial charge on any atom is 0.188 e. The molecule has 136 valence electrons. The first-order chi connectivity index (χ1) is 10.9. The van der Waals surface area contributed by atoms with E-state index < -0.39 is 36.9 Å². The van der Waals surface area contributed by atoms with Gasteiger partial charge in [-0.3, -0.25) is 4.79 Å². The summed E-state index contributed by atoms with van der Waals surface area (Å²) in [7, 11) is 1.53. The largest absolute Gasteiger partial charge is 0.382 e. The van der Waals surface area contributed by atoms with Gasteiger partial charge in [-0.2, -0.15) is 0 Å². The average molecular weight is 366 g/mol. The van der Waals surface area contributed by atoms with Crippen LogP contribution in [0.15, 0.2) is 12.1 Å². The van der Waals surface area contributed by atoms with Gasteiger partial charge in [-0.1, -0.05) is 12.1 Å². The first-order valence-electron chi connectivity index (χ1n) is 7.65. The van der Waals surface area contributed by atoms with Gasteiger partial charge in [0, 0.05) is 0 Å². The van der Waals surface area contributed by atoms with Crippen molar-refractivity contribution in [3.8, 4) is 0 Å². The summed E-state index contributed by atoms with van der Waals surface area (Å²) in [6.07, 6.45) is 1.16. The van der Waals surface area contributed by atoms with Crippen LogP contribution in [0.1, 0.15) is 48.4 Å². The van der Waals surface area contributed by atoms with E-state index in [1.165, 1.54) is 26.1 Å². The molecule has 0 spiro atoms. The van der Waals surface area contributed by atoms with Gasteiger partial charge < -0.3 is 10.4 Å². The summed E-state index contributed by atoms with van der Waals surface area (Å²) in [4.78, 5) is 12.9. The van der Waals surface area contributed by atoms with Gasteiger partial charge in [-0.05, 0) is 55.5 Å². The minimum Gasteiger partial charge on any atom is -0.382 e. The zero-order valence-corrected chi connectivity index (χ0v) is 14.6. The monoisotopic (exact) mass is 365 g/mol. The van der Waals surface area contributed by atoms with Crippen LogP contribution in [0.3, 0.4) is 0 Å². The number of benzene rings is 1. The van der Waals surface area contributed by atoms with Gasteiger partial charge in [-0.25, -0.2) is 13.2 Å². The normalized spacial score (nSPS) is 27.0. The number of ketones is 1. The number of carbonyl (C=O) groups excluding carboxylic acids is 1. The third-order valence-electron chi connectivity index (χ3n) is 4.75. The number of Topliss-reactive ketones (excluding diaryl/α,β-unsaturated/α-hetero) is 1. The Hall–Kier alpha value is -1.11. The van der Waals surface area contributed by atoms with E-state index in [-0.39, 0.29) is 34.7 Å². The molecule has 1 aromatic carbocycles. The fourth-order valence-corrected chi connectivity index (χ4v) is 3.66. The SMILES string of the molecule is CNC1(c2c(CF)cc(CF)cc2CF)CCCC(C)(O)C1=O.Cl. The van der Waals surface area contributed by atoms with Crippen LogP contribution in [0.2, 0.25) is 0 Å². The minimum absolute atomic E-state index is 0. The molecule has 2 atom stereocenters. The van der Waals surface area contributed by atoms with Gasteiger partial charge in [0.25, 0.3) is 0 Å². The van der Waals surface area contributed by atoms with Crippen LogP contribution in [0.5, 0.6) is 0 Å². The van der Waals surface area contributed by atoms with Crippen LogP contribution >= 0.6 is 12.4 Å². The molecular weight excluding hydrogens is 343 g/mol. The van der Waals surface area contributed by atoms with Gasteiger partial charge in [0.05, 0.1) is 0 Å². The van der Waals surface area contributed by atoms with E-state index in [1.54, 1.807) is 0 Å². The number of rotatable bonds is 5. The zero-order chi connectivity index (χ0) is 17.3. The maximum absolute atomic E-state index is 13.6. The van der Waals surface area contributed by atoms with Crippen molar-refractivity contribution in [1.29, 1.82) is 0 Å². The van der Waals surface area contributed by atoms with Crippen molar-refractivity contribution >= 4 is 18.2 Å². The highest BCUT2D eigenvalue weighted by atomic mass is 35.5. The molecule has 3 nitrogen and oxygen atoms in total. The summed E-state index contributed by atoms with van der Waals surface area (Å²) < 4.78 is 40.0. The van der Waals surface area contributed by atoms with Crippen molar-refractivity contribution in [2.45, 2.75) is 57.3 Å². The number of carbonyl (C=O) groups is 1. The number of alkyl halides is 3. The van der Waals surface area contributed by atoms with Crippen molar-refractivity contribution < 1.29 is 23.1 Å². The van der Waals surface area contributed by atoms with Crippen LogP contribution < -0.4 is 5.32 Å². The maximum atomic E-state index is 13.6. The van der Waals surface area contributed by atoms with Gasteiger partial charge >= 0.3 is 0 Å². The highest BCUT2D eigenvalue weighted by Crippen LogP contribution is 2.42. The molecule has 7 heteroatoms. The molecule has 2 unspecified atom stereocenters. The van der Waals surface area contributed by atoms with Gasteiger partial charge in [0.2, 0.25) is 0 Å². The highest BCUT2D eigenvalue weighted by Gasteiger charge is 2.52. The van der Waals surface area contributed by atoms with Crippen molar-refractivity contribution in [2.75, 3.05) is 7.05 Å².